The van der Waals surface area contributed by atoms with Crippen LogP contribution in [-0.2, 0) is 19.1 Å². The first-order valence-electron chi connectivity index (χ1n) is 7.80. The normalized spacial score (nSPS) is 29.0. The minimum absolute atomic E-state index is 0.689. The zero-order valence-electron chi connectivity index (χ0n) is 12.4. The van der Waals surface area contributed by atoms with Crippen molar-refractivity contribution < 1.29 is 18.7 Å². The van der Waals surface area contributed by atoms with E-state index >= 15 is 0 Å². The summed E-state index contributed by atoms with van der Waals surface area (Å²) in [6, 6.07) is 12.4. The molecule has 2 aromatic rings. The van der Waals surface area contributed by atoms with Crippen LogP contribution in [0.4, 0.5) is 0 Å². The van der Waals surface area contributed by atoms with Gasteiger partial charge in [-0.15, -0.1) is 0 Å². The summed E-state index contributed by atoms with van der Waals surface area (Å²) >= 11 is 0. The monoisotopic (exact) mass is 284 g/mol. The van der Waals surface area contributed by atoms with Gasteiger partial charge in [-0.05, 0) is 27.7 Å². The average Bonchev–Trinajstić information content (AvgIpc) is 2.90. The Balaban J connectivity index is 1.94. The average molecular weight is 284 g/mol. The number of aliphatic hydroxyl groups is 1. The van der Waals surface area contributed by atoms with Crippen molar-refractivity contribution >= 4 is 0 Å². The van der Waals surface area contributed by atoms with E-state index in [1.165, 1.54) is 11.4 Å². The molecular weight excluding hydrogens is 262 g/mol. The number of unbranched alkanes of at least 4 members (excludes halogenated alkanes) is 1. The smallest absolute Gasteiger partial charge is 0.222 e. The van der Waals surface area contributed by atoms with Gasteiger partial charge in [0.2, 0.25) is 0 Å². The molecule has 0 atom stereocenters. The molecule has 4 nitrogen and oxygen atoms in total. The Kier molecular flexibility index (Phi) is 2.68. The van der Waals surface area contributed by atoms with Gasteiger partial charge in [0.15, 0.2) is 25.5 Å². The summed E-state index contributed by atoms with van der Waals surface area (Å²) in [4.78, 5) is 0. The maximum Gasteiger partial charge on any atom is 0.627 e. The molecule has 4 rings (SSSR count). The molecule has 4 heterocycles. The fourth-order valence-electron chi connectivity index (χ4n) is 4.03. The van der Waals surface area contributed by atoms with E-state index in [-0.39, 0.29) is 0 Å². The molecule has 0 aliphatic carbocycles. The van der Waals surface area contributed by atoms with E-state index in [0.29, 0.717) is 4.48 Å². The van der Waals surface area contributed by atoms with Gasteiger partial charge < -0.3 is 0 Å². The largest absolute Gasteiger partial charge is 0.627 e. The zero-order valence-corrected chi connectivity index (χ0v) is 12.4. The molecule has 0 unspecified atom stereocenters. The van der Waals surface area contributed by atoms with E-state index in [1.54, 1.807) is 0 Å². The van der Waals surface area contributed by atoms with Gasteiger partial charge in [0.25, 0.3) is 11.4 Å². The van der Waals surface area contributed by atoms with Crippen molar-refractivity contribution in [2.75, 3.05) is 6.54 Å². The summed E-state index contributed by atoms with van der Waals surface area (Å²) < 4.78 is 4.80. The number of pyridine rings is 2. The summed E-state index contributed by atoms with van der Waals surface area (Å²) in [6.07, 6.45) is 6.30. The molecule has 0 spiro atoms. The van der Waals surface area contributed by atoms with Crippen molar-refractivity contribution in [1.29, 1.82) is 0 Å². The minimum atomic E-state index is -1.01. The van der Waals surface area contributed by atoms with Crippen LogP contribution >= 0.6 is 0 Å². The van der Waals surface area contributed by atoms with Crippen LogP contribution in [0.1, 0.15) is 31.2 Å². The number of quaternary nitrogens is 1. The van der Waals surface area contributed by atoms with Gasteiger partial charge in [-0.2, -0.15) is 4.48 Å². The Hall–Kier alpha value is -1.78. The second-order valence-corrected chi connectivity index (χ2v) is 6.26. The van der Waals surface area contributed by atoms with Crippen LogP contribution in [0, 0.1) is 0 Å². The van der Waals surface area contributed by atoms with E-state index in [2.05, 4.69) is 40.3 Å². The predicted octanol–water partition coefficient (Wildman–Crippen LogP) is 1.01. The zero-order chi connectivity index (χ0) is 14.5. The van der Waals surface area contributed by atoms with E-state index in [9.17, 15) is 5.11 Å². The first-order valence-corrected chi connectivity index (χ1v) is 7.80. The summed E-state index contributed by atoms with van der Waals surface area (Å²) in [6.45, 7) is 4.98. The first-order chi connectivity index (χ1) is 10.2. The van der Waals surface area contributed by atoms with Crippen LogP contribution in [0.2, 0.25) is 0 Å². The lowest BCUT2D eigenvalue weighted by Gasteiger charge is -2.27. The van der Waals surface area contributed by atoms with Gasteiger partial charge in [0.05, 0.1) is 6.54 Å². The third-order valence-corrected chi connectivity index (χ3v) is 5.04. The maximum absolute atomic E-state index is 11.7. The number of nitrogens with zero attached hydrogens (tertiary/aromatic N) is 3. The molecule has 0 amide bonds. The molecule has 4 heteroatoms. The molecule has 0 aromatic carbocycles. The Bertz CT molecular complexity index is 648. The van der Waals surface area contributed by atoms with Crippen LogP contribution in [0.5, 0.6) is 0 Å². The van der Waals surface area contributed by atoms with Gasteiger partial charge >= 0.3 is 5.97 Å². The summed E-state index contributed by atoms with van der Waals surface area (Å²) in [7, 11) is 0. The Labute approximate surface area is 125 Å². The highest BCUT2D eigenvalue weighted by atomic mass is 16.4. The number of aromatic nitrogens is 2. The van der Waals surface area contributed by atoms with E-state index in [0.717, 1.165) is 32.5 Å². The molecule has 0 bridgehead atoms. The van der Waals surface area contributed by atoms with Gasteiger partial charge in [-0.25, -0.2) is 5.11 Å². The first kappa shape index (κ1) is 12.9. The van der Waals surface area contributed by atoms with E-state index in [4.69, 9.17) is 0 Å². The number of hydrogen-bond donors (Lipinski definition) is 1. The molecule has 2 aromatic heterocycles. The van der Waals surface area contributed by atoms with Crippen LogP contribution in [0.15, 0.2) is 48.8 Å². The lowest BCUT2D eigenvalue weighted by molar-refractivity contribution is -1.24. The Morgan fingerprint density at radius 3 is 2.14 bits per heavy atom. The van der Waals surface area contributed by atoms with Crippen molar-refractivity contribution in [2.45, 2.75) is 38.8 Å². The molecular formula is C17H22N3O+3. The van der Waals surface area contributed by atoms with Crippen LogP contribution < -0.4 is 9.13 Å². The van der Waals surface area contributed by atoms with Crippen molar-refractivity contribution in [3.8, 4) is 0 Å². The van der Waals surface area contributed by atoms with Crippen molar-refractivity contribution in [3.05, 3.63) is 60.2 Å². The number of fused-ring (bicyclic) bond motifs is 5. The van der Waals surface area contributed by atoms with E-state index in [1.807, 2.05) is 24.5 Å². The molecule has 0 fully saturated rings. The van der Waals surface area contributed by atoms with Crippen molar-refractivity contribution in [1.82, 2.24) is 0 Å². The van der Waals surface area contributed by atoms with Gasteiger partial charge in [0.1, 0.15) is 0 Å². The van der Waals surface area contributed by atoms with Crippen molar-refractivity contribution in [3.63, 3.8) is 0 Å². The third-order valence-electron chi connectivity index (χ3n) is 5.04. The molecule has 21 heavy (non-hydrogen) atoms. The third kappa shape index (κ3) is 1.52. The molecule has 2 aliphatic heterocycles. The molecule has 0 radical (unpaired) electrons. The lowest BCUT2D eigenvalue weighted by atomic mass is 10.2. The predicted molar refractivity (Wildman–Crippen MR) is 76.3 cm³/mol. The van der Waals surface area contributed by atoms with E-state index < -0.39 is 5.97 Å². The molecule has 2 aliphatic rings. The number of hydrogen-bond acceptors (Lipinski definition) is 1. The SMILES string of the molecule is CCCC[N+]12Cc3cccc[n+]3C1(O)[n+]1ccccc1C2. The number of rotatable bonds is 3. The topological polar surface area (TPSA) is 28.0 Å². The highest BCUT2D eigenvalue weighted by Crippen LogP contribution is 2.37. The summed E-state index contributed by atoms with van der Waals surface area (Å²) in [5.41, 5.74) is 2.41. The second-order valence-electron chi connectivity index (χ2n) is 6.26. The molecule has 1 N–H and O–H groups in total. The van der Waals surface area contributed by atoms with Crippen LogP contribution in [0.3, 0.4) is 0 Å². The highest BCUT2D eigenvalue weighted by Gasteiger charge is 2.78. The summed E-state index contributed by atoms with van der Waals surface area (Å²) in [5, 5.41) is 11.7. The maximum atomic E-state index is 11.7. The quantitative estimate of drug-likeness (QED) is 0.661. The molecule has 0 saturated carbocycles. The second kappa shape index (κ2) is 4.36. The van der Waals surface area contributed by atoms with Gasteiger partial charge in [-0.1, -0.05) is 13.3 Å². The fourth-order valence-corrected chi connectivity index (χ4v) is 4.03. The lowest BCUT2D eigenvalue weighted by Crippen LogP contribution is -2.79. The minimum Gasteiger partial charge on any atom is -0.222 e. The van der Waals surface area contributed by atoms with Gasteiger partial charge in [-0.3, -0.25) is 0 Å². The highest BCUT2D eigenvalue weighted by molar-refractivity contribution is 5.02. The van der Waals surface area contributed by atoms with Gasteiger partial charge in [0, 0.05) is 24.3 Å². The van der Waals surface area contributed by atoms with Crippen molar-refractivity contribution in [2.24, 2.45) is 0 Å². The van der Waals surface area contributed by atoms with Crippen LogP contribution in [-0.4, -0.2) is 16.1 Å². The molecule has 108 valence electrons. The fraction of sp³-hybridized carbons (Fsp3) is 0.412. The van der Waals surface area contributed by atoms with Crippen LogP contribution in [0.25, 0.3) is 0 Å². The Morgan fingerprint density at radius 2 is 1.62 bits per heavy atom. The summed E-state index contributed by atoms with van der Waals surface area (Å²) in [5.74, 6) is -1.01. The molecule has 0 saturated heterocycles. The standard InChI is InChI=1S/C17H22N3O/c1-2-3-12-20-13-15-8-4-6-10-18(15)17(20,21)19-11-7-5-9-16(19)14-20/h4-11,21H,2-3,12-14H2,1H3/q+3. The Morgan fingerprint density at radius 1 is 1.05 bits per heavy atom.